The van der Waals surface area contributed by atoms with E-state index in [-0.39, 0.29) is 11.8 Å². The first-order valence-electron chi connectivity index (χ1n) is 6.59. The van der Waals surface area contributed by atoms with Gasteiger partial charge in [-0.15, -0.1) is 0 Å². The summed E-state index contributed by atoms with van der Waals surface area (Å²) in [6.07, 6.45) is 0.0589. The van der Waals surface area contributed by atoms with Crippen LogP contribution in [-0.2, 0) is 15.6 Å². The molecule has 0 unspecified atom stereocenters. The Hall–Kier alpha value is -1.03. The van der Waals surface area contributed by atoms with Crippen LogP contribution in [0.4, 0.5) is 0 Å². The Morgan fingerprint density at radius 3 is 2.10 bits per heavy atom. The molecule has 112 valence electrons. The van der Waals surface area contributed by atoms with Crippen molar-refractivity contribution in [2.24, 2.45) is 0 Å². The highest BCUT2D eigenvalue weighted by atomic mass is 79.9. The largest absolute Gasteiger partial charge is 0.496 e. The molecule has 0 saturated carbocycles. The molecule has 1 rings (SSSR count). The van der Waals surface area contributed by atoms with Gasteiger partial charge in [0.1, 0.15) is 5.75 Å². The Bertz CT molecular complexity index is 513. The van der Waals surface area contributed by atoms with E-state index in [1.807, 2.05) is 26.0 Å². The maximum Gasteiger partial charge on any atom is 0.304 e. The number of carboxylic acid groups (broad SMARTS) is 1. The summed E-state index contributed by atoms with van der Waals surface area (Å²) in [6.45, 7) is 10.2. The third-order valence-electron chi connectivity index (χ3n) is 3.39. The molecule has 20 heavy (non-hydrogen) atoms. The Labute approximate surface area is 129 Å². The topological polar surface area (TPSA) is 46.5 Å². The summed E-state index contributed by atoms with van der Waals surface area (Å²) in [5, 5.41) is 9.12. The molecule has 3 nitrogen and oxygen atoms in total. The summed E-state index contributed by atoms with van der Waals surface area (Å²) in [7, 11) is 1.64. The zero-order valence-corrected chi connectivity index (χ0v) is 14.6. The molecule has 1 aromatic carbocycles. The molecule has 0 aliphatic heterocycles. The summed E-state index contributed by atoms with van der Waals surface area (Å²) in [5.41, 5.74) is 1.41. The SMILES string of the molecule is COc1c(C(C)(C)C)cc(Br)cc1C(C)(C)CC(=O)O. The van der Waals surface area contributed by atoms with Crippen molar-refractivity contribution in [1.82, 2.24) is 0 Å². The van der Waals surface area contributed by atoms with Crippen LogP contribution in [0.3, 0.4) is 0 Å². The van der Waals surface area contributed by atoms with Crippen molar-refractivity contribution >= 4 is 21.9 Å². The quantitative estimate of drug-likeness (QED) is 0.875. The molecule has 0 bridgehead atoms. The zero-order chi connectivity index (χ0) is 15.7. The van der Waals surface area contributed by atoms with Gasteiger partial charge in [-0.25, -0.2) is 0 Å². The smallest absolute Gasteiger partial charge is 0.304 e. The molecule has 0 fully saturated rings. The number of carbonyl (C=O) groups is 1. The van der Waals surface area contributed by atoms with Crippen LogP contribution in [-0.4, -0.2) is 18.2 Å². The van der Waals surface area contributed by atoms with E-state index in [1.165, 1.54) is 0 Å². The van der Waals surface area contributed by atoms with Gasteiger partial charge in [-0.1, -0.05) is 50.5 Å². The van der Waals surface area contributed by atoms with Crippen molar-refractivity contribution in [2.75, 3.05) is 7.11 Å². The van der Waals surface area contributed by atoms with Crippen molar-refractivity contribution in [1.29, 1.82) is 0 Å². The second-order valence-electron chi connectivity index (χ2n) is 6.74. The van der Waals surface area contributed by atoms with Crippen LogP contribution in [0.25, 0.3) is 0 Å². The summed E-state index contributed by atoms with van der Waals surface area (Å²) >= 11 is 3.52. The van der Waals surface area contributed by atoms with Crippen molar-refractivity contribution < 1.29 is 14.6 Å². The molecule has 0 aliphatic carbocycles. The van der Waals surface area contributed by atoms with Gasteiger partial charge < -0.3 is 9.84 Å². The number of carboxylic acids is 1. The van der Waals surface area contributed by atoms with Gasteiger partial charge in [0.05, 0.1) is 13.5 Å². The number of benzene rings is 1. The number of aliphatic carboxylic acids is 1. The third-order valence-corrected chi connectivity index (χ3v) is 3.85. The van der Waals surface area contributed by atoms with Crippen LogP contribution in [0.15, 0.2) is 16.6 Å². The molecule has 0 aliphatic rings. The van der Waals surface area contributed by atoms with Gasteiger partial charge >= 0.3 is 5.97 Å². The molecule has 1 aromatic rings. The fourth-order valence-corrected chi connectivity index (χ4v) is 2.80. The molecule has 1 N–H and O–H groups in total. The lowest BCUT2D eigenvalue weighted by atomic mass is 9.77. The lowest BCUT2D eigenvalue weighted by Crippen LogP contribution is -2.24. The van der Waals surface area contributed by atoms with E-state index in [0.717, 1.165) is 21.3 Å². The van der Waals surface area contributed by atoms with Gasteiger partial charge in [0, 0.05) is 21.0 Å². The van der Waals surface area contributed by atoms with Crippen molar-refractivity contribution in [2.45, 2.75) is 51.9 Å². The van der Waals surface area contributed by atoms with E-state index in [1.54, 1.807) is 7.11 Å². The fraction of sp³-hybridized carbons (Fsp3) is 0.562. The average Bonchev–Trinajstić information content (AvgIpc) is 2.24. The number of rotatable bonds is 4. The molecule has 0 heterocycles. The van der Waals surface area contributed by atoms with E-state index in [4.69, 9.17) is 9.84 Å². The van der Waals surface area contributed by atoms with E-state index in [0.29, 0.717) is 0 Å². The second-order valence-corrected chi connectivity index (χ2v) is 7.65. The number of hydrogen-bond donors (Lipinski definition) is 1. The Kier molecular flexibility index (Phi) is 4.90. The first kappa shape index (κ1) is 17.0. The minimum Gasteiger partial charge on any atom is -0.496 e. The average molecular weight is 343 g/mol. The molecule has 0 aromatic heterocycles. The number of methoxy groups -OCH3 is 1. The maximum atomic E-state index is 11.1. The van der Waals surface area contributed by atoms with E-state index in [2.05, 4.69) is 36.7 Å². The highest BCUT2D eigenvalue weighted by molar-refractivity contribution is 9.10. The summed E-state index contributed by atoms with van der Waals surface area (Å²) in [4.78, 5) is 11.1. The first-order valence-corrected chi connectivity index (χ1v) is 7.38. The number of ether oxygens (including phenoxy) is 1. The monoisotopic (exact) mass is 342 g/mol. The van der Waals surface area contributed by atoms with Gasteiger partial charge in [0.25, 0.3) is 0 Å². The highest BCUT2D eigenvalue weighted by Crippen LogP contribution is 2.42. The van der Waals surface area contributed by atoms with Gasteiger partial charge in [0.15, 0.2) is 0 Å². The van der Waals surface area contributed by atoms with Gasteiger partial charge in [-0.3, -0.25) is 4.79 Å². The Balaban J connectivity index is 3.54. The zero-order valence-electron chi connectivity index (χ0n) is 13.0. The molecule has 4 heteroatoms. The lowest BCUT2D eigenvalue weighted by molar-refractivity contribution is -0.138. The van der Waals surface area contributed by atoms with Gasteiger partial charge in [-0.05, 0) is 17.5 Å². The fourth-order valence-electron chi connectivity index (χ4n) is 2.35. The van der Waals surface area contributed by atoms with Crippen LogP contribution in [0.1, 0.15) is 52.2 Å². The molecular formula is C16H23BrO3. The lowest BCUT2D eigenvalue weighted by Gasteiger charge is -2.30. The van der Waals surface area contributed by atoms with E-state index < -0.39 is 11.4 Å². The predicted octanol–water partition coefficient (Wildman–Crippen LogP) is 4.51. The predicted molar refractivity (Wildman–Crippen MR) is 84.7 cm³/mol. The molecule has 0 saturated heterocycles. The summed E-state index contributed by atoms with van der Waals surface area (Å²) < 4.78 is 6.55. The van der Waals surface area contributed by atoms with Crippen LogP contribution < -0.4 is 4.74 Å². The van der Waals surface area contributed by atoms with Crippen molar-refractivity contribution in [3.8, 4) is 5.75 Å². The molecule has 0 amide bonds. The normalized spacial score (nSPS) is 12.3. The molecule has 0 atom stereocenters. The number of hydrogen-bond acceptors (Lipinski definition) is 2. The summed E-state index contributed by atoms with van der Waals surface area (Å²) in [6, 6.07) is 4.00. The van der Waals surface area contributed by atoms with Gasteiger partial charge in [0.2, 0.25) is 0 Å². The molecule has 0 spiro atoms. The highest BCUT2D eigenvalue weighted by Gasteiger charge is 2.31. The standard InChI is InChI=1S/C16H23BrO3/c1-15(2,3)11-7-10(17)8-12(14(11)20-6)16(4,5)9-13(18)19/h7-8H,9H2,1-6H3,(H,18,19). The van der Waals surface area contributed by atoms with Crippen LogP contribution in [0.2, 0.25) is 0 Å². The summed E-state index contributed by atoms with van der Waals surface area (Å²) in [5.74, 6) is -0.0266. The minimum atomic E-state index is -0.811. The van der Waals surface area contributed by atoms with E-state index >= 15 is 0 Å². The van der Waals surface area contributed by atoms with Crippen molar-refractivity contribution in [3.63, 3.8) is 0 Å². The molecule has 0 radical (unpaired) electrons. The molecular weight excluding hydrogens is 320 g/mol. The maximum absolute atomic E-state index is 11.1. The van der Waals surface area contributed by atoms with Crippen LogP contribution >= 0.6 is 15.9 Å². The first-order chi connectivity index (χ1) is 8.99. The van der Waals surface area contributed by atoms with E-state index in [9.17, 15) is 4.79 Å². The van der Waals surface area contributed by atoms with Crippen molar-refractivity contribution in [3.05, 3.63) is 27.7 Å². The minimum absolute atomic E-state index is 0.0589. The third kappa shape index (κ3) is 3.75. The number of halogens is 1. The van der Waals surface area contributed by atoms with Crippen LogP contribution in [0, 0.1) is 0 Å². The second kappa shape index (κ2) is 5.76. The van der Waals surface area contributed by atoms with Crippen LogP contribution in [0.5, 0.6) is 5.75 Å². The Morgan fingerprint density at radius 1 is 1.20 bits per heavy atom. The Morgan fingerprint density at radius 2 is 1.70 bits per heavy atom. The van der Waals surface area contributed by atoms with Gasteiger partial charge in [-0.2, -0.15) is 0 Å².